The van der Waals surface area contributed by atoms with E-state index in [0.29, 0.717) is 0 Å². The van der Waals surface area contributed by atoms with Gasteiger partial charge in [-0.3, -0.25) is 9.59 Å². The summed E-state index contributed by atoms with van der Waals surface area (Å²) in [5, 5.41) is 0. The molecule has 0 saturated heterocycles. The molecule has 0 unspecified atom stereocenters. The number of esters is 1. The van der Waals surface area contributed by atoms with Crippen molar-refractivity contribution in [1.29, 1.82) is 0 Å². The third kappa shape index (κ3) is 3.17. The Balaban J connectivity index is 2.33. The first kappa shape index (κ1) is 10.2. The van der Waals surface area contributed by atoms with Gasteiger partial charge in [-0.25, -0.2) is 0 Å². The van der Waals surface area contributed by atoms with Gasteiger partial charge in [-0.1, -0.05) is 19.3 Å². The molecule has 1 aliphatic carbocycles. The predicted octanol–water partition coefficient (Wildman–Crippen LogP) is 1.70. The molecule has 0 spiro atoms. The van der Waals surface area contributed by atoms with Crippen LogP contribution in [0.25, 0.3) is 0 Å². The molecule has 0 heterocycles. The summed E-state index contributed by atoms with van der Waals surface area (Å²) in [5.41, 5.74) is 0. The topological polar surface area (TPSA) is 43.4 Å². The van der Waals surface area contributed by atoms with Crippen LogP contribution >= 0.6 is 0 Å². The van der Waals surface area contributed by atoms with Crippen LogP contribution in [0, 0.1) is 5.92 Å². The zero-order valence-corrected chi connectivity index (χ0v) is 8.04. The Morgan fingerprint density at radius 3 is 2.38 bits per heavy atom. The van der Waals surface area contributed by atoms with Gasteiger partial charge in [0.1, 0.15) is 12.2 Å². The highest BCUT2D eigenvalue weighted by Crippen LogP contribution is 2.25. The minimum absolute atomic E-state index is 0.0405. The van der Waals surface area contributed by atoms with Crippen LogP contribution < -0.4 is 0 Å². The molecule has 0 radical (unpaired) electrons. The van der Waals surface area contributed by atoms with Crippen molar-refractivity contribution in [2.24, 2.45) is 5.92 Å². The fourth-order valence-electron chi connectivity index (χ4n) is 1.78. The number of ketones is 1. The second-order valence-electron chi connectivity index (χ2n) is 3.55. The van der Waals surface area contributed by atoms with Crippen molar-refractivity contribution < 1.29 is 14.3 Å². The summed E-state index contributed by atoms with van der Waals surface area (Å²) in [5.74, 6) is -0.227. The molecule has 13 heavy (non-hydrogen) atoms. The molecule has 0 amide bonds. The van der Waals surface area contributed by atoms with E-state index in [-0.39, 0.29) is 18.1 Å². The van der Waals surface area contributed by atoms with Crippen molar-refractivity contribution in [2.45, 2.75) is 38.5 Å². The Bertz CT molecular complexity index is 192. The zero-order chi connectivity index (χ0) is 9.68. The highest BCUT2D eigenvalue weighted by Gasteiger charge is 2.22. The van der Waals surface area contributed by atoms with Gasteiger partial charge in [0.05, 0.1) is 7.11 Å². The lowest BCUT2D eigenvalue weighted by Crippen LogP contribution is -2.21. The number of carbonyl (C=O) groups is 2. The summed E-state index contributed by atoms with van der Waals surface area (Å²) in [7, 11) is 1.32. The quantitative estimate of drug-likeness (QED) is 0.495. The minimum Gasteiger partial charge on any atom is -0.469 e. The lowest BCUT2D eigenvalue weighted by atomic mass is 9.85. The maximum atomic E-state index is 11.5. The van der Waals surface area contributed by atoms with Gasteiger partial charge in [0.15, 0.2) is 0 Å². The molecule has 3 heteroatoms. The smallest absolute Gasteiger partial charge is 0.313 e. The van der Waals surface area contributed by atoms with Crippen LogP contribution in [0.3, 0.4) is 0 Å². The molecule has 0 atom stereocenters. The molecule has 3 nitrogen and oxygen atoms in total. The Kier molecular flexibility index (Phi) is 3.93. The van der Waals surface area contributed by atoms with Crippen LogP contribution in [0.2, 0.25) is 0 Å². The number of carbonyl (C=O) groups excluding carboxylic acids is 2. The highest BCUT2D eigenvalue weighted by molar-refractivity contribution is 5.96. The molecular weight excluding hydrogens is 168 g/mol. The molecule has 74 valence electrons. The van der Waals surface area contributed by atoms with E-state index in [2.05, 4.69) is 4.74 Å². The first-order valence-electron chi connectivity index (χ1n) is 4.83. The maximum absolute atomic E-state index is 11.5. The largest absolute Gasteiger partial charge is 0.469 e. The van der Waals surface area contributed by atoms with Crippen molar-refractivity contribution >= 4 is 11.8 Å². The van der Waals surface area contributed by atoms with Crippen LogP contribution in [0.1, 0.15) is 38.5 Å². The van der Waals surface area contributed by atoms with Gasteiger partial charge in [0.2, 0.25) is 0 Å². The SMILES string of the molecule is COC(=O)CC(=O)C1CCCCC1. The molecule has 0 aromatic heterocycles. The van der Waals surface area contributed by atoms with Crippen LogP contribution in [0.4, 0.5) is 0 Å². The lowest BCUT2D eigenvalue weighted by molar-refractivity contribution is -0.144. The van der Waals surface area contributed by atoms with Gasteiger partial charge in [0, 0.05) is 5.92 Å². The standard InChI is InChI=1S/C10H16O3/c1-13-10(12)7-9(11)8-5-3-2-4-6-8/h8H,2-7H2,1H3. The molecule has 0 aromatic rings. The van der Waals surface area contributed by atoms with Crippen molar-refractivity contribution in [3.8, 4) is 0 Å². The van der Waals surface area contributed by atoms with Gasteiger partial charge in [0.25, 0.3) is 0 Å². The first-order chi connectivity index (χ1) is 6.24. The molecule has 0 bridgehead atoms. The molecule has 0 aliphatic heterocycles. The molecular formula is C10H16O3. The average Bonchev–Trinajstić information content (AvgIpc) is 2.19. The van der Waals surface area contributed by atoms with Crippen molar-refractivity contribution in [2.75, 3.05) is 7.11 Å². The van der Waals surface area contributed by atoms with E-state index in [4.69, 9.17) is 0 Å². The third-order valence-corrected chi connectivity index (χ3v) is 2.61. The van der Waals surface area contributed by atoms with E-state index in [9.17, 15) is 9.59 Å². The Hall–Kier alpha value is -0.860. The van der Waals surface area contributed by atoms with Crippen LogP contribution in [-0.2, 0) is 14.3 Å². The molecule has 1 rings (SSSR count). The first-order valence-corrected chi connectivity index (χ1v) is 4.83. The van der Waals surface area contributed by atoms with Crippen molar-refractivity contribution in [3.63, 3.8) is 0 Å². The Morgan fingerprint density at radius 1 is 1.23 bits per heavy atom. The highest BCUT2D eigenvalue weighted by atomic mass is 16.5. The van der Waals surface area contributed by atoms with Crippen LogP contribution in [-0.4, -0.2) is 18.9 Å². The number of Topliss-reactive ketones (excluding diaryl/α,β-unsaturated/α-hetero) is 1. The third-order valence-electron chi connectivity index (χ3n) is 2.61. The maximum Gasteiger partial charge on any atom is 0.313 e. The van der Waals surface area contributed by atoms with Crippen molar-refractivity contribution in [1.82, 2.24) is 0 Å². The second kappa shape index (κ2) is 5.00. The normalized spacial score (nSPS) is 18.2. The number of hydrogen-bond acceptors (Lipinski definition) is 3. The fraction of sp³-hybridized carbons (Fsp3) is 0.800. The number of hydrogen-bond donors (Lipinski definition) is 0. The van der Waals surface area contributed by atoms with E-state index < -0.39 is 5.97 Å². The van der Waals surface area contributed by atoms with Gasteiger partial charge in [-0.2, -0.15) is 0 Å². The summed E-state index contributed by atoms with van der Waals surface area (Å²) < 4.78 is 4.45. The molecule has 1 saturated carbocycles. The van der Waals surface area contributed by atoms with Gasteiger partial charge in [-0.15, -0.1) is 0 Å². The van der Waals surface area contributed by atoms with Gasteiger partial charge >= 0.3 is 5.97 Å². The van der Waals surface area contributed by atoms with E-state index >= 15 is 0 Å². The molecule has 0 aromatic carbocycles. The fourth-order valence-corrected chi connectivity index (χ4v) is 1.78. The van der Waals surface area contributed by atoms with Crippen molar-refractivity contribution in [3.05, 3.63) is 0 Å². The summed E-state index contributed by atoms with van der Waals surface area (Å²) in [4.78, 5) is 22.3. The number of ether oxygens (including phenoxy) is 1. The van der Waals surface area contributed by atoms with Gasteiger partial charge in [-0.05, 0) is 12.8 Å². The van der Waals surface area contributed by atoms with Gasteiger partial charge < -0.3 is 4.74 Å². The Labute approximate surface area is 78.5 Å². The summed E-state index contributed by atoms with van der Waals surface area (Å²) >= 11 is 0. The van der Waals surface area contributed by atoms with E-state index in [1.54, 1.807) is 0 Å². The Morgan fingerprint density at radius 2 is 1.85 bits per heavy atom. The van der Waals surface area contributed by atoms with E-state index in [0.717, 1.165) is 25.7 Å². The predicted molar refractivity (Wildman–Crippen MR) is 48.2 cm³/mol. The number of methoxy groups -OCH3 is 1. The van der Waals surface area contributed by atoms with Crippen LogP contribution in [0.15, 0.2) is 0 Å². The summed E-state index contributed by atoms with van der Waals surface area (Å²) in [6.07, 6.45) is 5.34. The summed E-state index contributed by atoms with van der Waals surface area (Å²) in [6.45, 7) is 0. The molecule has 1 aliphatic rings. The monoisotopic (exact) mass is 184 g/mol. The summed E-state index contributed by atoms with van der Waals surface area (Å²) in [6, 6.07) is 0. The van der Waals surface area contributed by atoms with E-state index in [1.165, 1.54) is 13.5 Å². The average molecular weight is 184 g/mol. The molecule has 0 N–H and O–H groups in total. The van der Waals surface area contributed by atoms with E-state index in [1.807, 2.05) is 0 Å². The zero-order valence-electron chi connectivity index (χ0n) is 8.04. The lowest BCUT2D eigenvalue weighted by Gasteiger charge is -2.19. The molecule has 1 fully saturated rings. The number of rotatable bonds is 3. The van der Waals surface area contributed by atoms with Crippen LogP contribution in [0.5, 0.6) is 0 Å². The minimum atomic E-state index is -0.407. The second-order valence-corrected chi connectivity index (χ2v) is 3.55.